The molecule has 0 bridgehead atoms. The highest BCUT2D eigenvalue weighted by Crippen LogP contribution is 2.32. The third kappa shape index (κ3) is 4.56. The molecule has 0 aliphatic heterocycles. The van der Waals surface area contributed by atoms with Gasteiger partial charge >= 0.3 is 0 Å². The van der Waals surface area contributed by atoms with Crippen molar-refractivity contribution in [3.05, 3.63) is 73.7 Å². The number of anilines is 1. The molecule has 31 heavy (non-hydrogen) atoms. The lowest BCUT2D eigenvalue weighted by molar-refractivity contribution is 0.102. The number of benzene rings is 1. The molecule has 0 saturated heterocycles. The summed E-state index contributed by atoms with van der Waals surface area (Å²) in [5, 5.41) is 15.6. The average Bonchev–Trinajstić information content (AvgIpc) is 3.22. The molecule has 3 heterocycles. The van der Waals surface area contributed by atoms with E-state index in [4.69, 9.17) is 27.9 Å². The topological polar surface area (TPSA) is 81.9 Å². The van der Waals surface area contributed by atoms with E-state index >= 15 is 0 Å². The third-order valence-electron chi connectivity index (χ3n) is 4.73. The number of rotatable bonds is 5. The zero-order valence-electron chi connectivity index (χ0n) is 16.8. The van der Waals surface area contributed by atoms with Crippen molar-refractivity contribution in [2.45, 2.75) is 20.8 Å². The van der Waals surface area contributed by atoms with Crippen LogP contribution < -0.4 is 10.1 Å². The fourth-order valence-corrected chi connectivity index (χ4v) is 4.30. The van der Waals surface area contributed by atoms with E-state index in [9.17, 15) is 4.79 Å². The maximum Gasteiger partial charge on any atom is 0.258 e. The van der Waals surface area contributed by atoms with Crippen molar-refractivity contribution in [1.29, 1.82) is 0 Å². The lowest BCUT2D eigenvalue weighted by atomic mass is 10.2. The van der Waals surface area contributed by atoms with Crippen LogP contribution >= 0.6 is 34.5 Å². The third-order valence-corrected chi connectivity index (χ3v) is 6.22. The summed E-state index contributed by atoms with van der Waals surface area (Å²) in [5.41, 5.74) is 4.03. The average molecular weight is 474 g/mol. The molecule has 1 amide bonds. The molecule has 0 unspecified atom stereocenters. The molecule has 0 radical (unpaired) electrons. The van der Waals surface area contributed by atoms with Gasteiger partial charge in [0.05, 0.1) is 15.6 Å². The Bertz CT molecular complexity index is 1250. The lowest BCUT2D eigenvalue weighted by Gasteiger charge is -2.08. The van der Waals surface area contributed by atoms with Gasteiger partial charge in [-0.3, -0.25) is 4.79 Å². The van der Waals surface area contributed by atoms with Crippen molar-refractivity contribution in [2.75, 3.05) is 5.32 Å². The van der Waals surface area contributed by atoms with Gasteiger partial charge in [-0.2, -0.15) is 5.10 Å². The van der Waals surface area contributed by atoms with E-state index in [2.05, 4.69) is 20.6 Å². The van der Waals surface area contributed by atoms with Crippen molar-refractivity contribution in [3.8, 4) is 17.4 Å². The van der Waals surface area contributed by atoms with E-state index in [1.165, 1.54) is 6.07 Å². The molecule has 0 saturated carbocycles. The first-order valence-electron chi connectivity index (χ1n) is 9.23. The summed E-state index contributed by atoms with van der Waals surface area (Å²) in [6.07, 6.45) is 0. The summed E-state index contributed by atoms with van der Waals surface area (Å²) in [6, 6.07) is 11.9. The molecule has 4 aromatic rings. The van der Waals surface area contributed by atoms with Crippen molar-refractivity contribution in [2.24, 2.45) is 0 Å². The van der Waals surface area contributed by atoms with Gasteiger partial charge in [-0.05, 0) is 62.7 Å². The molecule has 1 N–H and O–H groups in total. The summed E-state index contributed by atoms with van der Waals surface area (Å²) in [7, 11) is 0. The van der Waals surface area contributed by atoms with Crippen LogP contribution in [-0.4, -0.2) is 25.9 Å². The highest BCUT2D eigenvalue weighted by atomic mass is 35.5. The molecule has 7 nitrogen and oxygen atoms in total. The molecule has 3 aromatic heterocycles. The van der Waals surface area contributed by atoms with Gasteiger partial charge in [0.15, 0.2) is 5.82 Å². The summed E-state index contributed by atoms with van der Waals surface area (Å²) >= 11 is 13.1. The Morgan fingerprint density at radius 1 is 1.06 bits per heavy atom. The molecule has 158 valence electrons. The van der Waals surface area contributed by atoms with E-state index in [-0.39, 0.29) is 5.91 Å². The highest BCUT2D eigenvalue weighted by Gasteiger charge is 2.15. The van der Waals surface area contributed by atoms with Gasteiger partial charge in [0, 0.05) is 17.4 Å². The number of nitrogens with one attached hydrogen (secondary N) is 1. The molecule has 0 aliphatic rings. The van der Waals surface area contributed by atoms with Crippen molar-refractivity contribution in [1.82, 2.24) is 20.0 Å². The van der Waals surface area contributed by atoms with E-state index in [1.54, 1.807) is 41.1 Å². The number of hydrogen-bond acceptors (Lipinski definition) is 6. The Morgan fingerprint density at radius 2 is 1.81 bits per heavy atom. The number of aromatic nitrogens is 4. The molecule has 4 rings (SSSR count). The van der Waals surface area contributed by atoms with Crippen LogP contribution in [0.25, 0.3) is 5.82 Å². The Labute approximate surface area is 192 Å². The standard InChI is InChI=1S/C21H17Cl2N5O2S/c1-11-12(2)27-28(13(11)3)18-8-9-19(26-25-18)30-15-6-4-14(5-7-15)24-21(29)16-10-17(22)31-20(16)23/h4-10H,1-3H3,(H,24,29). The number of ether oxygens (including phenoxy) is 1. The van der Waals surface area contributed by atoms with Crippen molar-refractivity contribution < 1.29 is 9.53 Å². The zero-order valence-corrected chi connectivity index (χ0v) is 19.1. The predicted molar refractivity (Wildman–Crippen MR) is 122 cm³/mol. The Kier molecular flexibility index (Phi) is 5.95. The molecular formula is C21H17Cl2N5O2S. The second-order valence-electron chi connectivity index (χ2n) is 6.76. The number of nitrogens with zero attached hydrogens (tertiary/aromatic N) is 4. The second-order valence-corrected chi connectivity index (χ2v) is 9.04. The lowest BCUT2D eigenvalue weighted by Crippen LogP contribution is -2.11. The van der Waals surface area contributed by atoms with Gasteiger partial charge in [-0.1, -0.05) is 23.2 Å². The zero-order chi connectivity index (χ0) is 22.1. The van der Waals surface area contributed by atoms with E-state index in [0.29, 0.717) is 37.4 Å². The number of hydrogen-bond donors (Lipinski definition) is 1. The second kappa shape index (κ2) is 8.66. The van der Waals surface area contributed by atoms with Crippen molar-refractivity contribution in [3.63, 3.8) is 0 Å². The molecule has 0 fully saturated rings. The minimum atomic E-state index is -0.331. The Morgan fingerprint density at radius 3 is 2.35 bits per heavy atom. The summed E-state index contributed by atoms with van der Waals surface area (Å²) in [6.45, 7) is 5.97. The van der Waals surface area contributed by atoms with Gasteiger partial charge in [-0.15, -0.1) is 21.5 Å². The number of carbonyl (C=O) groups excluding carboxylic acids is 1. The number of amides is 1. The molecule has 0 aliphatic carbocycles. The number of thiophene rings is 1. The number of halogens is 2. The summed E-state index contributed by atoms with van der Waals surface area (Å²) < 4.78 is 8.30. The Balaban J connectivity index is 1.42. The fourth-order valence-electron chi connectivity index (χ4n) is 2.84. The van der Waals surface area contributed by atoms with E-state index < -0.39 is 0 Å². The molecular weight excluding hydrogens is 457 g/mol. The molecule has 1 aromatic carbocycles. The van der Waals surface area contributed by atoms with Crippen LogP contribution in [-0.2, 0) is 0 Å². The van der Waals surface area contributed by atoms with Crippen molar-refractivity contribution >= 4 is 46.1 Å². The SMILES string of the molecule is Cc1nn(-c2ccc(Oc3ccc(NC(=O)c4cc(Cl)sc4Cl)cc3)nn2)c(C)c1C. The first-order valence-corrected chi connectivity index (χ1v) is 10.8. The van der Waals surface area contributed by atoms with Crippen LogP contribution in [0.2, 0.25) is 8.67 Å². The Hall–Kier alpha value is -2.94. The van der Waals surface area contributed by atoms with Crippen LogP contribution in [0.3, 0.4) is 0 Å². The van der Waals surface area contributed by atoms with Crippen LogP contribution in [0.4, 0.5) is 5.69 Å². The van der Waals surface area contributed by atoms with Crippen LogP contribution in [0.15, 0.2) is 42.5 Å². The maximum absolute atomic E-state index is 12.3. The molecule has 0 atom stereocenters. The molecule has 0 spiro atoms. The van der Waals surface area contributed by atoms with Gasteiger partial charge in [0.25, 0.3) is 5.91 Å². The van der Waals surface area contributed by atoms with Gasteiger partial charge in [-0.25, -0.2) is 4.68 Å². The number of carbonyl (C=O) groups is 1. The first kappa shape index (κ1) is 21.3. The number of aryl methyl sites for hydroxylation is 1. The quantitative estimate of drug-likeness (QED) is 0.384. The summed E-state index contributed by atoms with van der Waals surface area (Å²) in [4.78, 5) is 12.3. The van der Waals surface area contributed by atoms with Gasteiger partial charge < -0.3 is 10.1 Å². The first-order chi connectivity index (χ1) is 14.8. The maximum atomic E-state index is 12.3. The predicted octanol–water partition coefficient (Wildman–Crippen LogP) is 6.00. The minimum Gasteiger partial charge on any atom is -0.438 e. The van der Waals surface area contributed by atoms with Crippen LogP contribution in [0.1, 0.15) is 27.3 Å². The van der Waals surface area contributed by atoms with Gasteiger partial charge in [0.2, 0.25) is 5.88 Å². The smallest absolute Gasteiger partial charge is 0.258 e. The monoisotopic (exact) mass is 473 g/mol. The van der Waals surface area contributed by atoms with E-state index in [0.717, 1.165) is 28.3 Å². The summed E-state index contributed by atoms with van der Waals surface area (Å²) in [5.74, 6) is 1.19. The fraction of sp³-hybridized carbons (Fsp3) is 0.143. The largest absolute Gasteiger partial charge is 0.438 e. The highest BCUT2D eigenvalue weighted by molar-refractivity contribution is 7.20. The van der Waals surface area contributed by atoms with E-state index in [1.807, 2.05) is 20.8 Å². The molecule has 10 heteroatoms. The van der Waals surface area contributed by atoms with Crippen LogP contribution in [0.5, 0.6) is 11.6 Å². The van der Waals surface area contributed by atoms with Gasteiger partial charge in [0.1, 0.15) is 10.1 Å². The minimum absolute atomic E-state index is 0.331. The van der Waals surface area contributed by atoms with Crippen LogP contribution in [0, 0.1) is 20.8 Å². The normalized spacial score (nSPS) is 10.9.